The Labute approximate surface area is 117 Å². The molecule has 4 heteroatoms. The molecule has 1 saturated heterocycles. The van der Waals surface area contributed by atoms with Crippen LogP contribution < -0.4 is 9.80 Å². The molecule has 0 aromatic carbocycles. The summed E-state index contributed by atoms with van der Waals surface area (Å²) in [4.78, 5) is 3.48. The maximum Gasteiger partial charge on any atom is 0.127 e. The molecule has 0 amide bonds. The van der Waals surface area contributed by atoms with Crippen molar-refractivity contribution in [2.45, 2.75) is 19.3 Å². The second-order valence-electron chi connectivity index (χ2n) is 5.94. The van der Waals surface area contributed by atoms with Crippen LogP contribution in [-0.2, 0) is 4.74 Å². The van der Waals surface area contributed by atoms with E-state index >= 15 is 0 Å². The number of aliphatic hydroxyl groups excluding tert-OH is 1. The molecule has 110 valence electrons. The number of ether oxygens (including phenoxy) is 1. The van der Waals surface area contributed by atoms with Crippen molar-refractivity contribution in [1.29, 1.82) is 0 Å². The predicted molar refractivity (Wildman–Crippen MR) is 75.5 cm³/mol. The van der Waals surface area contributed by atoms with E-state index < -0.39 is 0 Å². The van der Waals surface area contributed by atoms with E-state index in [0.717, 1.165) is 19.1 Å². The fourth-order valence-electron chi connectivity index (χ4n) is 3.24. The highest BCUT2D eigenvalue weighted by Crippen LogP contribution is 2.15. The lowest BCUT2D eigenvalue weighted by atomic mass is 9.94. The van der Waals surface area contributed by atoms with Gasteiger partial charge in [0, 0.05) is 5.92 Å². The first-order chi connectivity index (χ1) is 9.38. The van der Waals surface area contributed by atoms with E-state index in [1.54, 1.807) is 9.80 Å². The van der Waals surface area contributed by atoms with E-state index in [4.69, 9.17) is 9.84 Å². The monoisotopic (exact) mass is 270 g/mol. The third kappa shape index (κ3) is 5.61. The zero-order valence-electron chi connectivity index (χ0n) is 12.1. The van der Waals surface area contributed by atoms with Crippen molar-refractivity contribution in [3.63, 3.8) is 0 Å². The first-order valence-corrected chi connectivity index (χ1v) is 7.89. The van der Waals surface area contributed by atoms with Crippen LogP contribution in [0.25, 0.3) is 0 Å². The topological polar surface area (TPSA) is 38.3 Å². The Balaban J connectivity index is 1.55. The third-order valence-electron chi connectivity index (χ3n) is 4.45. The molecule has 1 fully saturated rings. The van der Waals surface area contributed by atoms with Crippen molar-refractivity contribution in [2.75, 3.05) is 59.1 Å². The summed E-state index contributed by atoms with van der Waals surface area (Å²) in [7, 11) is 0. The minimum absolute atomic E-state index is 0.142. The van der Waals surface area contributed by atoms with Crippen molar-refractivity contribution in [1.82, 2.24) is 0 Å². The Bertz CT molecular complexity index is 263. The average Bonchev–Trinajstić information content (AvgIpc) is 2.46. The van der Waals surface area contributed by atoms with Gasteiger partial charge in [-0.3, -0.25) is 0 Å². The van der Waals surface area contributed by atoms with Crippen LogP contribution in [0.15, 0.2) is 12.2 Å². The van der Waals surface area contributed by atoms with Crippen LogP contribution in [0.3, 0.4) is 0 Å². The smallest absolute Gasteiger partial charge is 0.127 e. The van der Waals surface area contributed by atoms with Gasteiger partial charge in [0.25, 0.3) is 0 Å². The summed E-state index contributed by atoms with van der Waals surface area (Å²) >= 11 is 0. The Kier molecular flexibility index (Phi) is 6.85. The lowest BCUT2D eigenvalue weighted by molar-refractivity contribution is -1.01. The van der Waals surface area contributed by atoms with Crippen molar-refractivity contribution in [3.05, 3.63) is 12.2 Å². The van der Waals surface area contributed by atoms with Crippen LogP contribution in [0.4, 0.5) is 0 Å². The minimum atomic E-state index is 0.142. The maximum atomic E-state index is 8.65. The molecule has 3 N–H and O–H groups in total. The Morgan fingerprint density at radius 2 is 1.84 bits per heavy atom. The van der Waals surface area contributed by atoms with Gasteiger partial charge in [0.2, 0.25) is 0 Å². The summed E-state index contributed by atoms with van der Waals surface area (Å²) < 4.78 is 5.35. The average molecular weight is 270 g/mol. The normalized spacial score (nSPS) is 31.5. The van der Waals surface area contributed by atoms with E-state index in [1.165, 1.54) is 52.0 Å². The minimum Gasteiger partial charge on any atom is -0.394 e. The van der Waals surface area contributed by atoms with Crippen LogP contribution in [0, 0.1) is 5.92 Å². The molecule has 19 heavy (non-hydrogen) atoms. The van der Waals surface area contributed by atoms with Crippen LogP contribution >= 0.6 is 0 Å². The van der Waals surface area contributed by atoms with Crippen LogP contribution in [0.2, 0.25) is 0 Å². The number of hydrogen-bond donors (Lipinski definition) is 3. The molecule has 0 bridgehead atoms. The van der Waals surface area contributed by atoms with Gasteiger partial charge >= 0.3 is 0 Å². The second kappa shape index (κ2) is 8.69. The van der Waals surface area contributed by atoms with E-state index in [0.29, 0.717) is 6.61 Å². The number of hydrogen-bond acceptors (Lipinski definition) is 2. The molecule has 1 atom stereocenters. The molecule has 1 heterocycles. The summed E-state index contributed by atoms with van der Waals surface area (Å²) in [6.45, 7) is 9.07. The number of quaternary nitrogens is 2. The number of rotatable bonds is 7. The molecule has 0 saturated carbocycles. The number of allylic oxidation sites excluding steroid dienone is 2. The van der Waals surface area contributed by atoms with Crippen molar-refractivity contribution in [3.8, 4) is 0 Å². The molecule has 2 aliphatic rings. The number of aliphatic hydroxyl groups is 1. The van der Waals surface area contributed by atoms with E-state index in [2.05, 4.69) is 12.2 Å². The van der Waals surface area contributed by atoms with E-state index in [9.17, 15) is 0 Å². The van der Waals surface area contributed by atoms with Gasteiger partial charge in [-0.2, -0.15) is 0 Å². The quantitative estimate of drug-likeness (QED) is 0.375. The highest BCUT2D eigenvalue weighted by atomic mass is 16.5. The summed E-state index contributed by atoms with van der Waals surface area (Å²) in [5.41, 5.74) is 0. The second-order valence-corrected chi connectivity index (χ2v) is 5.94. The fraction of sp³-hybridized carbons (Fsp3) is 0.867. The summed E-state index contributed by atoms with van der Waals surface area (Å²) in [5.74, 6) is 0.925. The fourth-order valence-corrected chi connectivity index (χ4v) is 3.24. The summed E-state index contributed by atoms with van der Waals surface area (Å²) in [5, 5.41) is 8.65. The zero-order valence-corrected chi connectivity index (χ0v) is 12.1. The summed E-state index contributed by atoms with van der Waals surface area (Å²) in [6.07, 6.45) is 8.69. The predicted octanol–water partition coefficient (Wildman–Crippen LogP) is -1.86. The summed E-state index contributed by atoms with van der Waals surface area (Å²) in [6, 6.07) is 0. The highest BCUT2D eigenvalue weighted by Gasteiger charge is 2.25. The van der Waals surface area contributed by atoms with Crippen LogP contribution in [0.5, 0.6) is 0 Å². The molecule has 0 aromatic rings. The molecule has 0 aromatic heterocycles. The van der Waals surface area contributed by atoms with Gasteiger partial charge in [-0.25, -0.2) is 0 Å². The van der Waals surface area contributed by atoms with Crippen LogP contribution in [0.1, 0.15) is 19.3 Å². The van der Waals surface area contributed by atoms with Gasteiger partial charge in [-0.15, -0.1) is 0 Å². The van der Waals surface area contributed by atoms with Crippen molar-refractivity contribution in [2.24, 2.45) is 5.92 Å². The largest absolute Gasteiger partial charge is 0.394 e. The van der Waals surface area contributed by atoms with Crippen LogP contribution in [-0.4, -0.2) is 64.2 Å². The van der Waals surface area contributed by atoms with Gasteiger partial charge in [0.15, 0.2) is 0 Å². The van der Waals surface area contributed by atoms with Gasteiger partial charge < -0.3 is 19.6 Å². The Hall–Kier alpha value is -0.420. The highest BCUT2D eigenvalue weighted by molar-refractivity contribution is 4.89. The molecule has 2 rings (SSSR count). The molecule has 0 spiro atoms. The van der Waals surface area contributed by atoms with E-state index in [-0.39, 0.29) is 6.61 Å². The molecule has 1 aliphatic carbocycles. The molecule has 0 unspecified atom stereocenters. The zero-order chi connectivity index (χ0) is 13.3. The number of nitrogens with one attached hydrogen (secondary N) is 2. The lowest BCUT2D eigenvalue weighted by Gasteiger charge is -2.32. The van der Waals surface area contributed by atoms with Gasteiger partial charge in [0.05, 0.1) is 26.4 Å². The van der Waals surface area contributed by atoms with E-state index in [1.807, 2.05) is 0 Å². The third-order valence-corrected chi connectivity index (χ3v) is 4.45. The maximum absolute atomic E-state index is 8.65. The van der Waals surface area contributed by atoms with Crippen molar-refractivity contribution < 1.29 is 19.6 Å². The first-order valence-electron chi connectivity index (χ1n) is 7.89. The molecule has 1 aliphatic heterocycles. The molecule has 4 nitrogen and oxygen atoms in total. The van der Waals surface area contributed by atoms with Gasteiger partial charge in [-0.05, 0) is 19.3 Å². The number of piperazine rings is 1. The SMILES string of the molecule is OCCOCC[NH+]1CC[NH+](C[C@@H]2CC=CCC2)CC1. The standard InChI is InChI=1S/C15H28N2O2/c18-11-13-19-12-10-16-6-8-17(9-7-16)14-15-4-2-1-3-5-15/h1-2,15,18H,3-14H2/p+2/t15-/m1/s1. The first kappa shape index (κ1) is 15.0. The molecular formula is C15H30N2O2+2. The van der Waals surface area contributed by atoms with Crippen molar-refractivity contribution >= 4 is 0 Å². The van der Waals surface area contributed by atoms with Gasteiger partial charge in [0.1, 0.15) is 32.7 Å². The Morgan fingerprint density at radius 1 is 1.05 bits per heavy atom. The molecule has 0 radical (unpaired) electrons. The Morgan fingerprint density at radius 3 is 2.53 bits per heavy atom. The van der Waals surface area contributed by atoms with Gasteiger partial charge in [-0.1, -0.05) is 12.2 Å². The lowest BCUT2D eigenvalue weighted by Crippen LogP contribution is -3.28. The molecular weight excluding hydrogens is 240 g/mol.